The first-order valence-corrected chi connectivity index (χ1v) is 10.9. The third kappa shape index (κ3) is 5.50. The van der Waals surface area contributed by atoms with Gasteiger partial charge in [0.25, 0.3) is 5.91 Å². The number of amides is 2. The third-order valence-corrected chi connectivity index (χ3v) is 5.81. The monoisotopic (exact) mass is 440 g/mol. The Morgan fingerprint density at radius 3 is 2.68 bits per heavy atom. The number of likely N-dealkylation sites (N-methyl/N-ethyl adjacent to an activating group) is 1. The summed E-state index contributed by atoms with van der Waals surface area (Å²) in [6, 6.07) is 11.5. The van der Waals surface area contributed by atoms with Crippen LogP contribution >= 0.6 is 11.3 Å². The Labute approximate surface area is 184 Å². The molecule has 0 atom stereocenters. The molecular formula is C22H24N4O4S. The predicted molar refractivity (Wildman–Crippen MR) is 118 cm³/mol. The van der Waals surface area contributed by atoms with E-state index < -0.39 is 0 Å². The first-order valence-electron chi connectivity index (χ1n) is 10.0. The highest BCUT2D eigenvalue weighted by Crippen LogP contribution is 2.19. The van der Waals surface area contributed by atoms with E-state index in [9.17, 15) is 9.59 Å². The van der Waals surface area contributed by atoms with Gasteiger partial charge < -0.3 is 19.0 Å². The minimum Gasteiger partial charge on any atom is -0.459 e. The van der Waals surface area contributed by atoms with Crippen molar-refractivity contribution < 1.29 is 18.7 Å². The number of anilines is 2. The lowest BCUT2D eigenvalue weighted by molar-refractivity contribution is -0.129. The van der Waals surface area contributed by atoms with Crippen LogP contribution in [0.15, 0.2) is 52.5 Å². The molecule has 0 spiro atoms. The van der Waals surface area contributed by atoms with E-state index in [1.165, 1.54) is 23.3 Å². The second-order valence-electron chi connectivity index (χ2n) is 7.27. The minimum absolute atomic E-state index is 0.0357. The summed E-state index contributed by atoms with van der Waals surface area (Å²) in [5.41, 5.74) is 2.87. The number of thiazole rings is 1. The van der Waals surface area contributed by atoms with Gasteiger partial charge in [0, 0.05) is 37.7 Å². The molecule has 3 aromatic rings. The van der Waals surface area contributed by atoms with Crippen molar-refractivity contribution in [1.29, 1.82) is 0 Å². The number of nitrogens with one attached hydrogen (secondary N) is 1. The van der Waals surface area contributed by atoms with Crippen LogP contribution in [-0.2, 0) is 22.5 Å². The molecule has 1 N–H and O–H groups in total. The van der Waals surface area contributed by atoms with Crippen molar-refractivity contribution in [2.24, 2.45) is 0 Å². The van der Waals surface area contributed by atoms with Crippen LogP contribution in [0.5, 0.6) is 0 Å². The number of benzene rings is 1. The molecular weight excluding hydrogens is 416 g/mol. The van der Waals surface area contributed by atoms with E-state index in [1.807, 2.05) is 0 Å². The molecule has 1 aliphatic rings. The summed E-state index contributed by atoms with van der Waals surface area (Å²) in [7, 11) is 1.78. The molecule has 8 nitrogen and oxygen atoms in total. The SMILES string of the molecule is CN(Cc1ccc(N2CCOCC2)cc1)C(=O)Cc1csc(NC(=O)c2ccco2)n1. The van der Waals surface area contributed by atoms with Crippen LogP contribution in [0.4, 0.5) is 10.8 Å². The Bertz CT molecular complexity index is 1010. The minimum atomic E-state index is -0.366. The number of morpholine rings is 1. The Morgan fingerprint density at radius 2 is 1.97 bits per heavy atom. The zero-order valence-corrected chi connectivity index (χ0v) is 18.1. The predicted octanol–water partition coefficient (Wildman–Crippen LogP) is 3.03. The van der Waals surface area contributed by atoms with Gasteiger partial charge >= 0.3 is 0 Å². The number of ether oxygens (including phenoxy) is 1. The van der Waals surface area contributed by atoms with Crippen molar-refractivity contribution in [3.05, 3.63) is 65.1 Å². The van der Waals surface area contributed by atoms with Gasteiger partial charge in [-0.3, -0.25) is 14.9 Å². The molecule has 9 heteroatoms. The summed E-state index contributed by atoms with van der Waals surface area (Å²) in [5.74, 6) is -0.187. The molecule has 0 radical (unpaired) electrons. The fraction of sp³-hybridized carbons (Fsp3) is 0.318. The van der Waals surface area contributed by atoms with Crippen molar-refractivity contribution >= 4 is 34.0 Å². The fourth-order valence-corrected chi connectivity index (χ4v) is 4.00. The number of aromatic nitrogens is 1. The van der Waals surface area contributed by atoms with Crippen molar-refractivity contribution in [2.75, 3.05) is 43.6 Å². The van der Waals surface area contributed by atoms with Gasteiger partial charge in [-0.25, -0.2) is 4.98 Å². The molecule has 0 unspecified atom stereocenters. The van der Waals surface area contributed by atoms with Crippen molar-refractivity contribution in [3.8, 4) is 0 Å². The lowest BCUT2D eigenvalue weighted by Crippen LogP contribution is -2.36. The van der Waals surface area contributed by atoms with Crippen molar-refractivity contribution in [2.45, 2.75) is 13.0 Å². The van der Waals surface area contributed by atoms with Crippen molar-refractivity contribution in [3.63, 3.8) is 0 Å². The molecule has 2 amide bonds. The largest absolute Gasteiger partial charge is 0.459 e. The number of nitrogens with zero attached hydrogens (tertiary/aromatic N) is 3. The van der Waals surface area contributed by atoms with E-state index in [-0.39, 0.29) is 24.0 Å². The van der Waals surface area contributed by atoms with Crippen LogP contribution in [-0.4, -0.2) is 55.0 Å². The normalized spacial score (nSPS) is 13.8. The molecule has 1 aliphatic heterocycles. The van der Waals surface area contributed by atoms with Gasteiger partial charge in [0.2, 0.25) is 5.91 Å². The topological polar surface area (TPSA) is 87.9 Å². The van der Waals surface area contributed by atoms with Gasteiger partial charge in [-0.2, -0.15) is 0 Å². The maximum absolute atomic E-state index is 12.6. The summed E-state index contributed by atoms with van der Waals surface area (Å²) in [5, 5.41) is 4.89. The Kier molecular flexibility index (Phi) is 6.63. The molecule has 0 saturated carbocycles. The maximum Gasteiger partial charge on any atom is 0.293 e. The lowest BCUT2D eigenvalue weighted by atomic mass is 10.1. The maximum atomic E-state index is 12.6. The molecule has 0 aliphatic carbocycles. The molecule has 1 fully saturated rings. The summed E-state index contributed by atoms with van der Waals surface area (Å²) < 4.78 is 10.5. The highest BCUT2D eigenvalue weighted by atomic mass is 32.1. The fourth-order valence-electron chi connectivity index (χ4n) is 3.30. The quantitative estimate of drug-likeness (QED) is 0.608. The van der Waals surface area contributed by atoms with Crippen molar-refractivity contribution in [1.82, 2.24) is 9.88 Å². The Hall–Kier alpha value is -3.17. The molecule has 3 heterocycles. The van der Waals surface area contributed by atoms with Gasteiger partial charge in [-0.1, -0.05) is 12.1 Å². The second-order valence-corrected chi connectivity index (χ2v) is 8.13. The summed E-state index contributed by atoms with van der Waals surface area (Å²) >= 11 is 1.28. The van der Waals surface area contributed by atoms with Gasteiger partial charge in [0.1, 0.15) is 0 Å². The lowest BCUT2D eigenvalue weighted by Gasteiger charge is -2.29. The highest BCUT2D eigenvalue weighted by Gasteiger charge is 2.16. The Balaban J connectivity index is 1.28. The van der Waals surface area contributed by atoms with E-state index in [0.717, 1.165) is 31.9 Å². The zero-order valence-electron chi connectivity index (χ0n) is 17.2. The van der Waals surface area contributed by atoms with Crippen LogP contribution in [0, 0.1) is 0 Å². The Morgan fingerprint density at radius 1 is 1.19 bits per heavy atom. The van der Waals surface area contributed by atoms with Crippen LogP contribution < -0.4 is 10.2 Å². The molecule has 0 bridgehead atoms. The number of hydrogen-bond donors (Lipinski definition) is 1. The standard InChI is InChI=1S/C22H24N4O4S/c1-25(14-16-4-6-18(7-5-16)26-8-11-29-12-9-26)20(27)13-17-15-31-22(23-17)24-21(28)19-3-2-10-30-19/h2-7,10,15H,8-9,11-14H2,1H3,(H,23,24,28). The average Bonchev–Trinajstić information content (AvgIpc) is 3.47. The molecule has 31 heavy (non-hydrogen) atoms. The molecule has 2 aromatic heterocycles. The van der Waals surface area contributed by atoms with Crippen LogP contribution in [0.3, 0.4) is 0 Å². The van der Waals surface area contributed by atoms with Crippen LogP contribution in [0.25, 0.3) is 0 Å². The van der Waals surface area contributed by atoms with E-state index in [2.05, 4.69) is 39.5 Å². The summed E-state index contributed by atoms with van der Waals surface area (Å²) in [4.78, 5) is 33.0. The molecule has 1 aromatic carbocycles. The molecule has 4 rings (SSSR count). The first-order chi connectivity index (χ1) is 15.1. The molecule has 162 valence electrons. The number of carbonyl (C=O) groups excluding carboxylic acids is 2. The van der Waals surface area contributed by atoms with E-state index in [4.69, 9.17) is 9.15 Å². The highest BCUT2D eigenvalue weighted by molar-refractivity contribution is 7.14. The smallest absolute Gasteiger partial charge is 0.293 e. The van der Waals surface area contributed by atoms with Gasteiger partial charge in [-0.05, 0) is 29.8 Å². The summed E-state index contributed by atoms with van der Waals surface area (Å²) in [6.07, 6.45) is 1.61. The van der Waals surface area contributed by atoms with Crippen LogP contribution in [0.2, 0.25) is 0 Å². The number of rotatable bonds is 7. The van der Waals surface area contributed by atoms with E-state index >= 15 is 0 Å². The summed E-state index contributed by atoms with van der Waals surface area (Å²) in [6.45, 7) is 3.83. The molecule has 1 saturated heterocycles. The number of hydrogen-bond acceptors (Lipinski definition) is 7. The van der Waals surface area contributed by atoms with Gasteiger partial charge in [0.05, 0.1) is 31.6 Å². The number of carbonyl (C=O) groups is 2. The van der Waals surface area contributed by atoms with E-state index in [0.29, 0.717) is 17.4 Å². The van der Waals surface area contributed by atoms with Crippen LogP contribution in [0.1, 0.15) is 21.8 Å². The number of furan rings is 1. The van der Waals surface area contributed by atoms with E-state index in [1.54, 1.807) is 29.5 Å². The average molecular weight is 441 g/mol. The van der Waals surface area contributed by atoms with Gasteiger partial charge in [-0.15, -0.1) is 11.3 Å². The third-order valence-electron chi connectivity index (χ3n) is 5.01. The first kappa shape index (κ1) is 21.1. The zero-order chi connectivity index (χ0) is 21.6. The second kappa shape index (κ2) is 9.76. The van der Waals surface area contributed by atoms with Gasteiger partial charge in [0.15, 0.2) is 10.9 Å².